The van der Waals surface area contributed by atoms with E-state index in [0.717, 1.165) is 24.3 Å². The fourth-order valence-electron chi connectivity index (χ4n) is 3.62. The minimum absolute atomic E-state index is 0.0854. The Hall–Kier alpha value is -3.21. The molecule has 0 bridgehead atoms. The Morgan fingerprint density at radius 3 is 2.36 bits per heavy atom. The second-order valence-electron chi connectivity index (χ2n) is 7.40. The molecule has 33 heavy (non-hydrogen) atoms. The number of nitrogens with zero attached hydrogens (tertiary/aromatic N) is 2. The number of fused-ring (bicyclic) bond motifs is 1. The lowest BCUT2D eigenvalue weighted by Crippen LogP contribution is -2.35. The van der Waals surface area contributed by atoms with Crippen molar-refractivity contribution in [3.63, 3.8) is 0 Å². The first-order chi connectivity index (χ1) is 15.4. The van der Waals surface area contributed by atoms with Crippen molar-refractivity contribution in [1.29, 1.82) is 0 Å². The fraction of sp³-hybridized carbons (Fsp3) is 0.238. The maximum Gasteiger partial charge on any atom is 0.418 e. The molecule has 12 heteroatoms. The summed E-state index contributed by atoms with van der Waals surface area (Å²) in [5, 5.41) is 9.16. The lowest BCUT2D eigenvalue weighted by Gasteiger charge is -2.33. The highest BCUT2D eigenvalue weighted by Gasteiger charge is 2.47. The van der Waals surface area contributed by atoms with E-state index < -0.39 is 53.7 Å². The monoisotopic (exact) mass is 488 g/mol. The summed E-state index contributed by atoms with van der Waals surface area (Å²) < 4.78 is 81.5. The first kappa shape index (κ1) is 23.0. The van der Waals surface area contributed by atoms with Gasteiger partial charge in [-0.1, -0.05) is 35.9 Å². The summed E-state index contributed by atoms with van der Waals surface area (Å²) in [5.74, 6) is -1.16. The van der Waals surface area contributed by atoms with E-state index in [1.807, 2.05) is 0 Å². The third-order valence-corrected chi connectivity index (χ3v) is 5.43. The van der Waals surface area contributed by atoms with Gasteiger partial charge in [0.25, 0.3) is 5.91 Å². The van der Waals surface area contributed by atoms with E-state index in [0.29, 0.717) is 15.3 Å². The van der Waals surface area contributed by atoms with Crippen LogP contribution in [0.25, 0.3) is 0 Å². The van der Waals surface area contributed by atoms with E-state index in [2.05, 4.69) is 15.7 Å². The summed E-state index contributed by atoms with van der Waals surface area (Å²) in [6.07, 6.45) is -9.81. The number of anilines is 2. The second kappa shape index (κ2) is 8.29. The topological polar surface area (TPSA) is 59.0 Å². The van der Waals surface area contributed by atoms with Crippen molar-refractivity contribution in [2.24, 2.45) is 0 Å². The maximum absolute atomic E-state index is 13.8. The zero-order valence-electron chi connectivity index (χ0n) is 16.5. The van der Waals surface area contributed by atoms with Gasteiger partial charge < -0.3 is 10.6 Å². The number of rotatable bonds is 3. The summed E-state index contributed by atoms with van der Waals surface area (Å²) in [4.78, 5) is 12.6. The van der Waals surface area contributed by atoms with Crippen LogP contribution in [0.5, 0.6) is 0 Å². The van der Waals surface area contributed by atoms with Crippen LogP contribution in [0.2, 0.25) is 5.02 Å². The first-order valence-corrected chi connectivity index (χ1v) is 9.97. The highest BCUT2D eigenvalue weighted by Crippen LogP contribution is 2.44. The van der Waals surface area contributed by atoms with Gasteiger partial charge in [0.1, 0.15) is 5.82 Å². The Kier molecular flexibility index (Phi) is 5.77. The predicted octanol–water partition coefficient (Wildman–Crippen LogP) is 6.47. The second-order valence-corrected chi connectivity index (χ2v) is 7.83. The Bertz CT molecular complexity index is 1170. The van der Waals surface area contributed by atoms with Crippen molar-refractivity contribution < 1.29 is 31.1 Å². The number of benzene rings is 2. The minimum atomic E-state index is -4.73. The molecule has 1 aliphatic heterocycles. The lowest BCUT2D eigenvalue weighted by molar-refractivity contribution is -0.173. The van der Waals surface area contributed by atoms with Gasteiger partial charge in [-0.25, -0.2) is 4.68 Å². The highest BCUT2D eigenvalue weighted by molar-refractivity contribution is 6.30. The molecule has 0 radical (unpaired) electrons. The van der Waals surface area contributed by atoms with Crippen LogP contribution >= 0.6 is 11.6 Å². The third kappa shape index (κ3) is 4.77. The largest absolute Gasteiger partial charge is 0.418 e. The molecule has 0 aliphatic carbocycles. The molecule has 5 nitrogen and oxygen atoms in total. The van der Waals surface area contributed by atoms with Gasteiger partial charge in [0.05, 0.1) is 17.3 Å². The average molecular weight is 489 g/mol. The molecule has 1 amide bonds. The zero-order chi connectivity index (χ0) is 24.0. The van der Waals surface area contributed by atoms with Gasteiger partial charge >= 0.3 is 12.4 Å². The van der Waals surface area contributed by atoms with Crippen LogP contribution in [0.15, 0.2) is 54.6 Å². The molecule has 0 spiro atoms. The van der Waals surface area contributed by atoms with E-state index in [-0.39, 0.29) is 5.82 Å². The fourth-order valence-corrected chi connectivity index (χ4v) is 3.75. The van der Waals surface area contributed by atoms with Gasteiger partial charge in [-0.3, -0.25) is 4.79 Å². The summed E-state index contributed by atoms with van der Waals surface area (Å²) in [6, 6.07) is 8.82. The normalized spacial score (nSPS) is 18.4. The number of para-hydroxylation sites is 1. The standard InChI is InChI=1S/C21H15ClF6N4O/c22-12-7-5-11(6-8-12)15-9-17(21(26,27)28)32-18(29-15)10-16(31-32)19(33)30-14-4-2-1-3-13(14)20(23,24)25/h1-8,10,15,17,29H,9H2,(H,30,33). The zero-order valence-corrected chi connectivity index (χ0v) is 17.3. The summed E-state index contributed by atoms with van der Waals surface area (Å²) in [5.41, 5.74) is -1.52. The molecule has 2 N–H and O–H groups in total. The minimum Gasteiger partial charge on any atom is -0.363 e. The first-order valence-electron chi connectivity index (χ1n) is 9.59. The van der Waals surface area contributed by atoms with Gasteiger partial charge in [-0.05, 0) is 29.8 Å². The molecule has 2 unspecified atom stereocenters. The SMILES string of the molecule is O=C(Nc1ccccc1C(F)(F)F)c1cc2n(n1)C(C(F)(F)F)CC(c1ccc(Cl)cc1)N2. The van der Waals surface area contributed by atoms with E-state index in [9.17, 15) is 31.1 Å². The molecular formula is C21H15ClF6N4O. The van der Waals surface area contributed by atoms with Gasteiger partial charge in [-0.2, -0.15) is 31.4 Å². The molecule has 0 saturated heterocycles. The van der Waals surface area contributed by atoms with Crippen LogP contribution < -0.4 is 10.6 Å². The van der Waals surface area contributed by atoms with Gasteiger partial charge in [0.2, 0.25) is 0 Å². The van der Waals surface area contributed by atoms with Crippen molar-refractivity contribution in [3.05, 3.63) is 76.4 Å². The molecule has 3 aromatic rings. The molecule has 4 rings (SSSR count). The highest BCUT2D eigenvalue weighted by atomic mass is 35.5. The number of carbonyl (C=O) groups is 1. The third-order valence-electron chi connectivity index (χ3n) is 5.18. The van der Waals surface area contributed by atoms with Crippen molar-refractivity contribution >= 4 is 29.0 Å². The molecule has 2 atom stereocenters. The van der Waals surface area contributed by atoms with Crippen LogP contribution in [0.3, 0.4) is 0 Å². The van der Waals surface area contributed by atoms with Crippen molar-refractivity contribution in [2.45, 2.75) is 30.9 Å². The van der Waals surface area contributed by atoms with Crippen LogP contribution in [0.1, 0.15) is 40.1 Å². The Balaban J connectivity index is 1.65. The molecule has 1 aromatic heterocycles. The smallest absolute Gasteiger partial charge is 0.363 e. The molecule has 0 saturated carbocycles. The number of nitrogens with one attached hydrogen (secondary N) is 2. The number of aromatic nitrogens is 2. The van der Waals surface area contributed by atoms with Crippen LogP contribution in [0.4, 0.5) is 37.8 Å². The molecule has 2 aromatic carbocycles. The Labute approximate surface area is 188 Å². The lowest BCUT2D eigenvalue weighted by atomic mass is 9.97. The van der Waals surface area contributed by atoms with E-state index in [4.69, 9.17) is 11.6 Å². The molecule has 2 heterocycles. The predicted molar refractivity (Wildman–Crippen MR) is 109 cm³/mol. The summed E-state index contributed by atoms with van der Waals surface area (Å²) >= 11 is 5.85. The maximum atomic E-state index is 13.8. The Morgan fingerprint density at radius 2 is 1.73 bits per heavy atom. The average Bonchev–Trinajstić information content (AvgIpc) is 3.17. The number of hydrogen-bond acceptors (Lipinski definition) is 3. The molecule has 174 valence electrons. The van der Waals surface area contributed by atoms with Crippen molar-refractivity contribution in [2.75, 3.05) is 10.6 Å². The molecule has 0 fully saturated rings. The van der Waals surface area contributed by atoms with E-state index in [1.165, 1.54) is 6.07 Å². The van der Waals surface area contributed by atoms with Crippen molar-refractivity contribution in [3.8, 4) is 0 Å². The molecule has 1 aliphatic rings. The number of halogens is 7. The van der Waals surface area contributed by atoms with E-state index >= 15 is 0 Å². The quantitative estimate of drug-likeness (QED) is 0.416. The van der Waals surface area contributed by atoms with Crippen LogP contribution in [-0.2, 0) is 6.18 Å². The number of hydrogen-bond donors (Lipinski definition) is 2. The Morgan fingerprint density at radius 1 is 1.06 bits per heavy atom. The van der Waals surface area contributed by atoms with Gasteiger partial charge in [-0.15, -0.1) is 0 Å². The van der Waals surface area contributed by atoms with Crippen molar-refractivity contribution in [1.82, 2.24) is 9.78 Å². The van der Waals surface area contributed by atoms with Crippen LogP contribution in [0, 0.1) is 0 Å². The number of amides is 1. The summed E-state index contributed by atoms with van der Waals surface area (Å²) in [7, 11) is 0. The number of alkyl halides is 6. The molecular weight excluding hydrogens is 474 g/mol. The summed E-state index contributed by atoms with van der Waals surface area (Å²) in [6.45, 7) is 0. The van der Waals surface area contributed by atoms with Gasteiger partial charge in [0, 0.05) is 17.5 Å². The van der Waals surface area contributed by atoms with Gasteiger partial charge in [0.15, 0.2) is 11.7 Å². The van der Waals surface area contributed by atoms with E-state index in [1.54, 1.807) is 24.3 Å². The van der Waals surface area contributed by atoms with Crippen LogP contribution in [-0.4, -0.2) is 21.9 Å². The number of carbonyl (C=O) groups excluding carboxylic acids is 1.